The molecule has 0 bridgehead atoms. The number of benzene rings is 2. The Hall–Kier alpha value is -2.77. The van der Waals surface area contributed by atoms with Crippen LogP contribution < -0.4 is 4.72 Å². The van der Waals surface area contributed by atoms with E-state index in [0.29, 0.717) is 16.0 Å². The molecule has 11 heteroatoms. The van der Waals surface area contributed by atoms with Gasteiger partial charge in [0.15, 0.2) is 0 Å². The summed E-state index contributed by atoms with van der Waals surface area (Å²) < 4.78 is 52.9. The van der Waals surface area contributed by atoms with Crippen LogP contribution in [0.3, 0.4) is 0 Å². The van der Waals surface area contributed by atoms with Gasteiger partial charge in [-0.2, -0.15) is 4.72 Å². The Kier molecular flexibility index (Phi) is 6.54. The van der Waals surface area contributed by atoms with Crippen LogP contribution in [0.4, 0.5) is 4.39 Å². The summed E-state index contributed by atoms with van der Waals surface area (Å²) in [6.07, 6.45) is 1.41. The lowest BCUT2D eigenvalue weighted by Crippen LogP contribution is -2.36. The number of sulfonamides is 1. The van der Waals surface area contributed by atoms with Gasteiger partial charge in [0.1, 0.15) is 15.8 Å². The van der Waals surface area contributed by atoms with Crippen molar-refractivity contribution in [3.05, 3.63) is 88.7 Å². The zero-order chi connectivity index (χ0) is 23.6. The van der Waals surface area contributed by atoms with Gasteiger partial charge >= 0.3 is 7.60 Å². The molecule has 170 valence electrons. The molecule has 0 aliphatic carbocycles. The first-order valence-electron chi connectivity index (χ1n) is 9.62. The van der Waals surface area contributed by atoms with E-state index in [4.69, 9.17) is 0 Å². The van der Waals surface area contributed by atoms with Gasteiger partial charge in [0.2, 0.25) is 0 Å². The fraction of sp³-hybridized carbons (Fsp3) is 0.0909. The molecule has 0 fully saturated rings. The molecule has 0 aliphatic heterocycles. The topological polar surface area (TPSA) is 119 Å². The molecule has 0 aliphatic rings. The number of thiophene rings is 1. The third kappa shape index (κ3) is 5.60. The van der Waals surface area contributed by atoms with E-state index >= 15 is 0 Å². The third-order valence-electron chi connectivity index (χ3n) is 4.81. The molecular formula is C22H18FN2O5PS2. The van der Waals surface area contributed by atoms with Crippen molar-refractivity contribution in [2.45, 2.75) is 16.4 Å². The molecule has 0 spiro atoms. The van der Waals surface area contributed by atoms with E-state index in [1.54, 1.807) is 18.3 Å². The summed E-state index contributed by atoms with van der Waals surface area (Å²) in [4.78, 5) is 23.1. The van der Waals surface area contributed by atoms with E-state index in [0.717, 1.165) is 22.2 Å². The number of hydrogen-bond donors (Lipinski definition) is 4. The Morgan fingerprint density at radius 2 is 1.79 bits per heavy atom. The van der Waals surface area contributed by atoms with Crippen LogP contribution in [-0.2, 0) is 21.0 Å². The van der Waals surface area contributed by atoms with Crippen LogP contribution in [0.2, 0.25) is 0 Å². The molecule has 4 N–H and O–H groups in total. The van der Waals surface area contributed by atoms with Crippen LogP contribution >= 0.6 is 18.9 Å². The number of nitrogens with one attached hydrogen (secondary N) is 2. The van der Waals surface area contributed by atoms with Gasteiger partial charge < -0.3 is 14.8 Å². The zero-order valence-electron chi connectivity index (χ0n) is 16.9. The van der Waals surface area contributed by atoms with Crippen molar-refractivity contribution in [3.8, 4) is 11.8 Å². The quantitative estimate of drug-likeness (QED) is 0.235. The number of halogens is 1. The molecule has 33 heavy (non-hydrogen) atoms. The summed E-state index contributed by atoms with van der Waals surface area (Å²) in [5.74, 6) is 3.60. The Balaban J connectivity index is 1.56. The Bertz CT molecular complexity index is 1510. The summed E-state index contributed by atoms with van der Waals surface area (Å²) in [6.45, 7) is 0. The summed E-state index contributed by atoms with van der Waals surface area (Å²) in [5.41, 5.74) is 1.92. The highest BCUT2D eigenvalue weighted by Crippen LogP contribution is 2.43. The van der Waals surface area contributed by atoms with E-state index in [1.807, 2.05) is 12.1 Å². The van der Waals surface area contributed by atoms with E-state index in [1.165, 1.54) is 36.4 Å². The number of aromatic amines is 1. The first-order valence-corrected chi connectivity index (χ1v) is 13.6. The second kappa shape index (κ2) is 9.23. The van der Waals surface area contributed by atoms with Crippen molar-refractivity contribution in [1.82, 2.24) is 9.71 Å². The number of hydrogen-bond acceptors (Lipinski definition) is 4. The number of aromatic nitrogens is 1. The normalized spacial score (nSPS) is 12.9. The standard InChI is InChI=1S/C22H18FN2O5PS2/c23-17-8-5-15(6-9-17)7-10-18-11-12-22(32-18)33(29,30)25-21(31(26,27)28)13-16-14-24-20-4-2-1-3-19(16)20/h1-6,8-9,11-12,14,21,24-25H,13H2,(H2,26,27,28)/t21-/m1/s1. The highest BCUT2D eigenvalue weighted by Gasteiger charge is 2.34. The second-order valence-electron chi connectivity index (χ2n) is 7.17. The first-order chi connectivity index (χ1) is 15.6. The van der Waals surface area contributed by atoms with Crippen molar-refractivity contribution in [3.63, 3.8) is 0 Å². The zero-order valence-corrected chi connectivity index (χ0v) is 19.4. The van der Waals surface area contributed by atoms with Crippen molar-refractivity contribution in [2.75, 3.05) is 0 Å². The molecule has 0 radical (unpaired) electrons. The predicted molar refractivity (Wildman–Crippen MR) is 125 cm³/mol. The Morgan fingerprint density at radius 3 is 2.52 bits per heavy atom. The molecule has 7 nitrogen and oxygen atoms in total. The fourth-order valence-electron chi connectivity index (χ4n) is 3.17. The van der Waals surface area contributed by atoms with E-state index in [2.05, 4.69) is 21.5 Å². The molecule has 2 heterocycles. The van der Waals surface area contributed by atoms with Crippen molar-refractivity contribution in [2.24, 2.45) is 0 Å². The molecular weight excluding hydrogens is 486 g/mol. The van der Waals surface area contributed by atoms with Gasteiger partial charge in [-0.05, 0) is 48.0 Å². The first kappa shape index (κ1) is 23.4. The predicted octanol–water partition coefficient (Wildman–Crippen LogP) is 3.79. The number of rotatable bonds is 6. The number of H-pyrrole nitrogens is 1. The third-order valence-corrected chi connectivity index (χ3v) is 9.07. The molecule has 2 aromatic heterocycles. The van der Waals surface area contributed by atoms with Crippen LogP contribution in [0, 0.1) is 17.7 Å². The number of fused-ring (bicyclic) bond motifs is 1. The van der Waals surface area contributed by atoms with Gasteiger partial charge in [0.25, 0.3) is 10.0 Å². The minimum Gasteiger partial charge on any atom is -0.361 e. The minimum atomic E-state index is -4.82. The summed E-state index contributed by atoms with van der Waals surface area (Å²) in [7, 11) is -9.04. The molecule has 0 saturated carbocycles. The van der Waals surface area contributed by atoms with Gasteiger partial charge in [-0.3, -0.25) is 4.57 Å². The van der Waals surface area contributed by atoms with E-state index in [-0.39, 0.29) is 16.4 Å². The summed E-state index contributed by atoms with van der Waals surface area (Å²) in [6, 6.07) is 15.6. The van der Waals surface area contributed by atoms with Crippen molar-refractivity contribution < 1.29 is 27.2 Å². The maximum Gasteiger partial charge on any atom is 0.343 e. The summed E-state index contributed by atoms with van der Waals surface area (Å²) in [5, 5.41) is 0.754. The van der Waals surface area contributed by atoms with Gasteiger partial charge in [-0.25, -0.2) is 12.8 Å². The smallest absolute Gasteiger partial charge is 0.343 e. The molecule has 0 saturated heterocycles. The van der Waals surface area contributed by atoms with E-state index < -0.39 is 23.4 Å². The monoisotopic (exact) mass is 504 g/mol. The van der Waals surface area contributed by atoms with Crippen LogP contribution in [0.25, 0.3) is 10.9 Å². The lowest BCUT2D eigenvalue weighted by Gasteiger charge is -2.19. The van der Waals surface area contributed by atoms with Crippen molar-refractivity contribution >= 4 is 39.9 Å². The maximum atomic E-state index is 13.0. The summed E-state index contributed by atoms with van der Waals surface area (Å²) >= 11 is 0.868. The molecule has 1 atom stereocenters. The lowest BCUT2D eigenvalue weighted by atomic mass is 10.1. The van der Waals surface area contributed by atoms with Gasteiger partial charge in [-0.1, -0.05) is 30.0 Å². The van der Waals surface area contributed by atoms with Gasteiger partial charge in [-0.15, -0.1) is 11.3 Å². The minimum absolute atomic E-state index is 0.122. The maximum absolute atomic E-state index is 13.0. The van der Waals surface area contributed by atoms with Crippen LogP contribution in [-0.4, -0.2) is 29.0 Å². The van der Waals surface area contributed by atoms with Crippen LogP contribution in [0.5, 0.6) is 0 Å². The SMILES string of the molecule is O=P(O)(O)[C@H](Cc1c[nH]c2ccccc12)NS(=O)(=O)c1ccc(C#Cc2ccc(F)cc2)s1. The Labute approximate surface area is 193 Å². The highest BCUT2D eigenvalue weighted by molar-refractivity contribution is 7.92. The van der Waals surface area contributed by atoms with Gasteiger partial charge in [0.05, 0.1) is 4.88 Å². The largest absolute Gasteiger partial charge is 0.361 e. The molecule has 4 aromatic rings. The molecule has 0 unspecified atom stereocenters. The van der Waals surface area contributed by atoms with Crippen molar-refractivity contribution in [1.29, 1.82) is 0 Å². The second-order valence-corrected chi connectivity index (χ2v) is 12.0. The van der Waals surface area contributed by atoms with Crippen LogP contribution in [0.1, 0.15) is 16.0 Å². The van der Waals surface area contributed by atoms with E-state index in [9.17, 15) is 27.2 Å². The highest BCUT2D eigenvalue weighted by atomic mass is 32.2. The Morgan fingerprint density at radius 1 is 1.06 bits per heavy atom. The average molecular weight is 505 g/mol. The molecule has 4 rings (SSSR count). The fourth-order valence-corrected chi connectivity index (χ4v) is 6.82. The average Bonchev–Trinajstić information content (AvgIpc) is 3.40. The lowest BCUT2D eigenvalue weighted by molar-refractivity contribution is 0.353. The van der Waals surface area contributed by atoms with Gasteiger partial charge in [0, 0.05) is 29.1 Å². The number of para-hydroxylation sites is 1. The molecule has 0 amide bonds. The van der Waals surface area contributed by atoms with Crippen LogP contribution in [0.15, 0.2) is 71.1 Å². The molecule has 2 aromatic carbocycles.